The van der Waals surface area contributed by atoms with Crippen molar-refractivity contribution in [3.63, 3.8) is 0 Å². The summed E-state index contributed by atoms with van der Waals surface area (Å²) in [6.45, 7) is 10.6. The van der Waals surface area contributed by atoms with Gasteiger partial charge in [0.2, 0.25) is 0 Å². The lowest BCUT2D eigenvalue weighted by Crippen LogP contribution is -2.47. The first-order valence-corrected chi connectivity index (χ1v) is 9.94. The van der Waals surface area contributed by atoms with Gasteiger partial charge in [-0.25, -0.2) is 4.99 Å². The van der Waals surface area contributed by atoms with Gasteiger partial charge < -0.3 is 19.9 Å². The molecule has 0 saturated carbocycles. The van der Waals surface area contributed by atoms with Crippen molar-refractivity contribution in [3.8, 4) is 0 Å². The van der Waals surface area contributed by atoms with Gasteiger partial charge in [-0.3, -0.25) is 0 Å². The van der Waals surface area contributed by atoms with Crippen molar-refractivity contribution < 1.29 is 4.74 Å². The third-order valence-electron chi connectivity index (χ3n) is 4.98. The first kappa shape index (κ1) is 22.0. The van der Waals surface area contributed by atoms with Gasteiger partial charge in [0.1, 0.15) is 0 Å². The molecule has 2 aliphatic heterocycles. The van der Waals surface area contributed by atoms with Gasteiger partial charge in [0.05, 0.1) is 12.6 Å². The average molecular weight is 484 g/mol. The van der Waals surface area contributed by atoms with E-state index in [1.807, 2.05) is 0 Å². The van der Waals surface area contributed by atoms with Crippen LogP contribution in [0.15, 0.2) is 41.4 Å². The van der Waals surface area contributed by atoms with Gasteiger partial charge in [0.15, 0.2) is 5.96 Å². The third kappa shape index (κ3) is 6.38. The molecular formula is C21H33IN4O. The molecule has 1 aromatic rings. The predicted octanol–water partition coefficient (Wildman–Crippen LogP) is 3.65. The molecule has 0 radical (unpaired) electrons. The van der Waals surface area contributed by atoms with E-state index < -0.39 is 0 Å². The maximum absolute atomic E-state index is 5.77. The molecule has 2 aliphatic rings. The number of rotatable bonds is 6. The summed E-state index contributed by atoms with van der Waals surface area (Å²) >= 11 is 0. The Morgan fingerprint density at radius 2 is 1.93 bits per heavy atom. The van der Waals surface area contributed by atoms with Crippen LogP contribution in [-0.4, -0.2) is 56.3 Å². The third-order valence-corrected chi connectivity index (χ3v) is 4.98. The molecule has 6 heteroatoms. The zero-order valence-corrected chi connectivity index (χ0v) is 18.9. The molecule has 1 aromatic carbocycles. The number of nitrogens with one attached hydrogen (secondary N) is 1. The minimum absolute atomic E-state index is 0. The number of benzene rings is 1. The SMILES string of the molecule is CCNC(=NCc1cccc(N2CC=CC2)c1)N1CCC(OCC)CC1.I. The fourth-order valence-corrected chi connectivity index (χ4v) is 3.60. The van der Waals surface area contributed by atoms with Crippen molar-refractivity contribution in [1.29, 1.82) is 0 Å². The van der Waals surface area contributed by atoms with Crippen LogP contribution < -0.4 is 10.2 Å². The van der Waals surface area contributed by atoms with Crippen molar-refractivity contribution in [3.05, 3.63) is 42.0 Å². The van der Waals surface area contributed by atoms with E-state index >= 15 is 0 Å². The Kier molecular flexibility index (Phi) is 9.41. The zero-order valence-electron chi connectivity index (χ0n) is 16.6. The Morgan fingerprint density at radius 3 is 2.59 bits per heavy atom. The summed E-state index contributed by atoms with van der Waals surface area (Å²) in [4.78, 5) is 9.64. The van der Waals surface area contributed by atoms with Crippen LogP contribution in [0.3, 0.4) is 0 Å². The smallest absolute Gasteiger partial charge is 0.194 e. The highest BCUT2D eigenvalue weighted by atomic mass is 127. The van der Waals surface area contributed by atoms with Crippen LogP contribution in [0.25, 0.3) is 0 Å². The number of nitrogens with zero attached hydrogens (tertiary/aromatic N) is 3. The quantitative estimate of drug-likeness (QED) is 0.290. The number of likely N-dealkylation sites (tertiary alicyclic amines) is 1. The topological polar surface area (TPSA) is 40.1 Å². The molecule has 5 nitrogen and oxygen atoms in total. The summed E-state index contributed by atoms with van der Waals surface area (Å²) in [5.41, 5.74) is 2.54. The minimum atomic E-state index is 0. The second kappa shape index (κ2) is 11.5. The van der Waals surface area contributed by atoms with Gasteiger partial charge >= 0.3 is 0 Å². The average Bonchev–Trinajstić information content (AvgIpc) is 3.21. The zero-order chi connectivity index (χ0) is 18.2. The number of hydrogen-bond acceptors (Lipinski definition) is 3. The predicted molar refractivity (Wildman–Crippen MR) is 124 cm³/mol. The molecule has 2 heterocycles. The molecule has 0 unspecified atom stereocenters. The number of ether oxygens (including phenoxy) is 1. The number of aliphatic imine (C=N–C) groups is 1. The van der Waals surface area contributed by atoms with Crippen molar-refractivity contribution in [2.24, 2.45) is 4.99 Å². The first-order valence-electron chi connectivity index (χ1n) is 9.94. The molecule has 3 rings (SSSR count). The van der Waals surface area contributed by atoms with Crippen molar-refractivity contribution in [1.82, 2.24) is 10.2 Å². The van der Waals surface area contributed by atoms with E-state index in [4.69, 9.17) is 9.73 Å². The number of anilines is 1. The van der Waals surface area contributed by atoms with E-state index in [0.717, 1.165) is 58.1 Å². The molecular weight excluding hydrogens is 451 g/mol. The normalized spacial score (nSPS) is 17.9. The van der Waals surface area contributed by atoms with Gasteiger partial charge in [-0.05, 0) is 44.4 Å². The van der Waals surface area contributed by atoms with Gasteiger partial charge in [-0.2, -0.15) is 0 Å². The fourth-order valence-electron chi connectivity index (χ4n) is 3.60. The van der Waals surface area contributed by atoms with Gasteiger partial charge in [0.25, 0.3) is 0 Å². The van der Waals surface area contributed by atoms with E-state index in [-0.39, 0.29) is 24.0 Å². The molecule has 0 amide bonds. The van der Waals surface area contributed by atoms with Crippen LogP contribution in [0.2, 0.25) is 0 Å². The fraction of sp³-hybridized carbons (Fsp3) is 0.571. The second-order valence-electron chi connectivity index (χ2n) is 6.86. The molecule has 0 atom stereocenters. The maximum atomic E-state index is 5.77. The molecule has 0 aliphatic carbocycles. The minimum Gasteiger partial charge on any atom is -0.378 e. The monoisotopic (exact) mass is 484 g/mol. The molecule has 27 heavy (non-hydrogen) atoms. The van der Waals surface area contributed by atoms with Crippen LogP contribution in [0.5, 0.6) is 0 Å². The summed E-state index contributed by atoms with van der Waals surface area (Å²) < 4.78 is 5.77. The molecule has 0 aromatic heterocycles. The summed E-state index contributed by atoms with van der Waals surface area (Å²) in [6.07, 6.45) is 7.01. The maximum Gasteiger partial charge on any atom is 0.194 e. The van der Waals surface area contributed by atoms with Crippen LogP contribution >= 0.6 is 24.0 Å². The Morgan fingerprint density at radius 1 is 1.19 bits per heavy atom. The van der Waals surface area contributed by atoms with E-state index in [1.165, 1.54) is 11.3 Å². The Labute approximate surface area is 180 Å². The number of halogens is 1. The van der Waals surface area contributed by atoms with Crippen LogP contribution in [0.4, 0.5) is 5.69 Å². The number of piperidine rings is 1. The lowest BCUT2D eigenvalue weighted by molar-refractivity contribution is 0.0263. The number of hydrogen-bond donors (Lipinski definition) is 1. The van der Waals surface area contributed by atoms with Crippen LogP contribution in [-0.2, 0) is 11.3 Å². The van der Waals surface area contributed by atoms with Gasteiger partial charge in [-0.15, -0.1) is 24.0 Å². The highest BCUT2D eigenvalue weighted by Crippen LogP contribution is 2.19. The van der Waals surface area contributed by atoms with Gasteiger partial charge in [-0.1, -0.05) is 24.3 Å². The molecule has 1 saturated heterocycles. The highest BCUT2D eigenvalue weighted by molar-refractivity contribution is 14.0. The van der Waals surface area contributed by atoms with Crippen molar-refractivity contribution in [2.45, 2.75) is 39.3 Å². The second-order valence-corrected chi connectivity index (χ2v) is 6.86. The summed E-state index contributed by atoms with van der Waals surface area (Å²) in [7, 11) is 0. The van der Waals surface area contributed by atoms with Crippen LogP contribution in [0, 0.1) is 0 Å². The lowest BCUT2D eigenvalue weighted by atomic mass is 10.1. The molecule has 150 valence electrons. The largest absolute Gasteiger partial charge is 0.378 e. The summed E-state index contributed by atoms with van der Waals surface area (Å²) in [5, 5.41) is 3.45. The standard InChI is InChI=1S/C21H32N4O.HI/c1-3-22-21(25-14-10-20(11-15-25)26-4-2)23-17-18-8-7-9-19(16-18)24-12-5-6-13-24;/h5-9,16,20H,3-4,10-15,17H2,1-2H3,(H,22,23);1H. The number of guanidine groups is 1. The van der Waals surface area contributed by atoms with Gasteiger partial charge in [0, 0.05) is 45.0 Å². The van der Waals surface area contributed by atoms with E-state index in [9.17, 15) is 0 Å². The Bertz CT molecular complexity index is 618. The summed E-state index contributed by atoms with van der Waals surface area (Å²) in [5.74, 6) is 1.02. The Hall–Kier alpha value is -1.28. The van der Waals surface area contributed by atoms with E-state index in [2.05, 4.69) is 65.4 Å². The lowest BCUT2D eigenvalue weighted by Gasteiger charge is -2.34. The van der Waals surface area contributed by atoms with E-state index in [0.29, 0.717) is 12.6 Å². The van der Waals surface area contributed by atoms with E-state index in [1.54, 1.807) is 0 Å². The first-order chi connectivity index (χ1) is 12.8. The molecule has 1 fully saturated rings. The highest BCUT2D eigenvalue weighted by Gasteiger charge is 2.21. The van der Waals surface area contributed by atoms with Crippen molar-refractivity contribution >= 4 is 35.6 Å². The molecule has 0 bridgehead atoms. The molecule has 0 spiro atoms. The summed E-state index contributed by atoms with van der Waals surface area (Å²) in [6, 6.07) is 8.76. The van der Waals surface area contributed by atoms with Crippen molar-refractivity contribution in [2.75, 3.05) is 44.2 Å². The molecule has 1 N–H and O–H groups in total. The van der Waals surface area contributed by atoms with Crippen LogP contribution in [0.1, 0.15) is 32.3 Å². The Balaban J connectivity index is 0.00000261.